The first-order valence-electron chi connectivity index (χ1n) is 4.90. The van der Waals surface area contributed by atoms with E-state index >= 15 is 0 Å². The van der Waals surface area contributed by atoms with Crippen molar-refractivity contribution in [3.63, 3.8) is 0 Å². The van der Waals surface area contributed by atoms with Crippen LogP contribution in [0.15, 0.2) is 0 Å². The molecule has 1 amide bonds. The molecule has 0 N–H and O–H groups in total. The van der Waals surface area contributed by atoms with Crippen LogP contribution in [0.5, 0.6) is 0 Å². The third kappa shape index (κ3) is 2.39. The highest BCUT2D eigenvalue weighted by Gasteiger charge is 2.33. The molecule has 4 heteroatoms. The zero-order chi connectivity index (χ0) is 10.8. The Hall–Kier alpha value is -0.280. The number of hydrogen-bond donors (Lipinski definition) is 0. The number of likely N-dealkylation sites (N-methyl/N-ethyl adjacent to an activating group) is 1. The minimum Gasteiger partial charge on any atom is -0.379 e. The fraction of sp³-hybridized carbons (Fsp3) is 0.900. The Kier molecular flexibility index (Phi) is 3.78. The van der Waals surface area contributed by atoms with Crippen LogP contribution < -0.4 is 0 Å². The lowest BCUT2D eigenvalue weighted by molar-refractivity contribution is -0.140. The fourth-order valence-corrected chi connectivity index (χ4v) is 1.64. The van der Waals surface area contributed by atoms with Gasteiger partial charge in [-0.05, 0) is 20.3 Å². The number of halogens is 1. The number of amides is 1. The SMILES string of the molecule is CN(C(=O)C(C)(C)CCl)C1CCOC1. The van der Waals surface area contributed by atoms with E-state index in [2.05, 4.69) is 0 Å². The summed E-state index contributed by atoms with van der Waals surface area (Å²) in [6.07, 6.45) is 0.931. The van der Waals surface area contributed by atoms with Crippen molar-refractivity contribution >= 4 is 17.5 Å². The van der Waals surface area contributed by atoms with Crippen molar-refractivity contribution in [1.82, 2.24) is 4.90 Å². The van der Waals surface area contributed by atoms with Gasteiger partial charge < -0.3 is 9.64 Å². The Bertz CT molecular complexity index is 212. The summed E-state index contributed by atoms with van der Waals surface area (Å²) < 4.78 is 5.25. The first-order valence-corrected chi connectivity index (χ1v) is 5.43. The van der Waals surface area contributed by atoms with E-state index in [4.69, 9.17) is 16.3 Å². The number of carbonyl (C=O) groups is 1. The van der Waals surface area contributed by atoms with Crippen LogP contribution in [0.2, 0.25) is 0 Å². The molecule has 82 valence electrons. The summed E-state index contributed by atoms with van der Waals surface area (Å²) in [5, 5.41) is 0. The quantitative estimate of drug-likeness (QED) is 0.674. The molecule has 1 unspecified atom stereocenters. The second-order valence-corrected chi connectivity index (χ2v) is 4.72. The smallest absolute Gasteiger partial charge is 0.229 e. The molecule has 1 aliphatic heterocycles. The van der Waals surface area contributed by atoms with E-state index in [9.17, 15) is 4.79 Å². The van der Waals surface area contributed by atoms with Gasteiger partial charge in [0.25, 0.3) is 0 Å². The second kappa shape index (κ2) is 4.49. The van der Waals surface area contributed by atoms with Crippen LogP contribution in [0.1, 0.15) is 20.3 Å². The van der Waals surface area contributed by atoms with Crippen molar-refractivity contribution < 1.29 is 9.53 Å². The predicted octanol–water partition coefficient (Wildman–Crippen LogP) is 1.50. The lowest BCUT2D eigenvalue weighted by Crippen LogP contribution is -2.45. The van der Waals surface area contributed by atoms with Crippen molar-refractivity contribution in [2.75, 3.05) is 26.1 Å². The Labute approximate surface area is 90.4 Å². The predicted molar refractivity (Wildman–Crippen MR) is 56.5 cm³/mol. The van der Waals surface area contributed by atoms with E-state index in [0.29, 0.717) is 12.5 Å². The Morgan fingerprint density at radius 1 is 1.64 bits per heavy atom. The zero-order valence-corrected chi connectivity index (χ0v) is 9.80. The standard InChI is InChI=1S/C10H18ClNO2/c1-10(2,7-11)9(13)12(3)8-4-5-14-6-8/h8H,4-7H2,1-3H3. The van der Waals surface area contributed by atoms with Gasteiger partial charge in [0.15, 0.2) is 0 Å². The number of carbonyl (C=O) groups excluding carboxylic acids is 1. The van der Waals surface area contributed by atoms with E-state index in [1.165, 1.54) is 0 Å². The lowest BCUT2D eigenvalue weighted by atomic mass is 9.94. The monoisotopic (exact) mass is 219 g/mol. The number of nitrogens with zero attached hydrogens (tertiary/aromatic N) is 1. The highest BCUT2D eigenvalue weighted by Crippen LogP contribution is 2.23. The van der Waals surface area contributed by atoms with Crippen LogP contribution in [0.25, 0.3) is 0 Å². The third-order valence-electron chi connectivity index (χ3n) is 2.69. The van der Waals surface area contributed by atoms with Gasteiger partial charge in [-0.15, -0.1) is 11.6 Å². The number of ether oxygens (including phenoxy) is 1. The lowest BCUT2D eigenvalue weighted by Gasteiger charge is -2.31. The van der Waals surface area contributed by atoms with Crippen molar-refractivity contribution in [3.8, 4) is 0 Å². The van der Waals surface area contributed by atoms with Gasteiger partial charge in [-0.25, -0.2) is 0 Å². The summed E-state index contributed by atoms with van der Waals surface area (Å²) in [6, 6.07) is 0.227. The summed E-state index contributed by atoms with van der Waals surface area (Å²) in [6.45, 7) is 5.15. The first kappa shape index (κ1) is 11.8. The molecule has 1 saturated heterocycles. The highest BCUT2D eigenvalue weighted by atomic mass is 35.5. The Balaban J connectivity index is 2.59. The van der Waals surface area contributed by atoms with Crippen LogP contribution in [0, 0.1) is 5.41 Å². The van der Waals surface area contributed by atoms with E-state index < -0.39 is 5.41 Å². The molecule has 3 nitrogen and oxygen atoms in total. The van der Waals surface area contributed by atoms with Gasteiger partial charge in [0.2, 0.25) is 5.91 Å². The maximum Gasteiger partial charge on any atom is 0.229 e. The van der Waals surface area contributed by atoms with Gasteiger partial charge in [-0.2, -0.15) is 0 Å². The van der Waals surface area contributed by atoms with Crippen LogP contribution in [-0.4, -0.2) is 43.0 Å². The van der Waals surface area contributed by atoms with Crippen LogP contribution in [-0.2, 0) is 9.53 Å². The zero-order valence-electron chi connectivity index (χ0n) is 9.05. The second-order valence-electron chi connectivity index (χ2n) is 4.45. The van der Waals surface area contributed by atoms with E-state index in [0.717, 1.165) is 13.0 Å². The molecule has 14 heavy (non-hydrogen) atoms. The van der Waals surface area contributed by atoms with E-state index in [1.54, 1.807) is 4.90 Å². The summed E-state index contributed by atoms with van der Waals surface area (Å²) in [5.41, 5.74) is -0.473. The molecule has 0 aliphatic carbocycles. The van der Waals surface area contributed by atoms with Gasteiger partial charge in [-0.1, -0.05) is 0 Å². The molecule has 0 aromatic carbocycles. The molecule has 1 fully saturated rings. The third-order valence-corrected chi connectivity index (χ3v) is 3.35. The normalized spacial score (nSPS) is 22.4. The molecule has 1 rings (SSSR count). The van der Waals surface area contributed by atoms with Gasteiger partial charge >= 0.3 is 0 Å². The van der Waals surface area contributed by atoms with Gasteiger partial charge in [-0.3, -0.25) is 4.79 Å². The van der Waals surface area contributed by atoms with Crippen molar-refractivity contribution in [3.05, 3.63) is 0 Å². The molecule has 0 bridgehead atoms. The van der Waals surface area contributed by atoms with Crippen molar-refractivity contribution in [2.45, 2.75) is 26.3 Å². The van der Waals surface area contributed by atoms with Gasteiger partial charge in [0, 0.05) is 19.5 Å². The molecular weight excluding hydrogens is 202 g/mol. The largest absolute Gasteiger partial charge is 0.379 e. The molecule has 0 spiro atoms. The molecule has 0 saturated carbocycles. The maximum atomic E-state index is 12.0. The first-order chi connectivity index (χ1) is 6.49. The Morgan fingerprint density at radius 3 is 2.71 bits per heavy atom. The molecule has 0 radical (unpaired) electrons. The molecule has 1 aliphatic rings. The van der Waals surface area contributed by atoms with Gasteiger partial charge in [0.05, 0.1) is 18.1 Å². The van der Waals surface area contributed by atoms with E-state index in [1.807, 2.05) is 20.9 Å². The molecular formula is C10H18ClNO2. The van der Waals surface area contributed by atoms with E-state index in [-0.39, 0.29) is 11.9 Å². The summed E-state index contributed by atoms with van der Waals surface area (Å²) >= 11 is 5.76. The average molecular weight is 220 g/mol. The minimum absolute atomic E-state index is 0.100. The molecule has 1 atom stereocenters. The molecule has 0 aromatic heterocycles. The Morgan fingerprint density at radius 2 is 2.29 bits per heavy atom. The average Bonchev–Trinajstić information content (AvgIpc) is 2.68. The van der Waals surface area contributed by atoms with Crippen LogP contribution in [0.3, 0.4) is 0 Å². The van der Waals surface area contributed by atoms with Crippen molar-refractivity contribution in [2.24, 2.45) is 5.41 Å². The fourth-order valence-electron chi connectivity index (χ4n) is 1.53. The maximum absolute atomic E-state index is 12.0. The number of alkyl halides is 1. The summed E-state index contributed by atoms with van der Waals surface area (Å²) in [5.74, 6) is 0.451. The number of hydrogen-bond acceptors (Lipinski definition) is 2. The molecule has 1 heterocycles. The van der Waals surface area contributed by atoms with Crippen LogP contribution in [0.4, 0.5) is 0 Å². The molecule has 0 aromatic rings. The minimum atomic E-state index is -0.473. The van der Waals surface area contributed by atoms with Crippen LogP contribution >= 0.6 is 11.6 Å². The highest BCUT2D eigenvalue weighted by molar-refractivity contribution is 6.19. The van der Waals surface area contributed by atoms with Gasteiger partial charge in [0.1, 0.15) is 0 Å². The van der Waals surface area contributed by atoms with Crippen molar-refractivity contribution in [1.29, 1.82) is 0 Å². The topological polar surface area (TPSA) is 29.5 Å². The summed E-state index contributed by atoms with van der Waals surface area (Å²) in [4.78, 5) is 13.7. The number of rotatable bonds is 3. The summed E-state index contributed by atoms with van der Waals surface area (Å²) in [7, 11) is 1.83.